The molecule has 0 N–H and O–H groups in total. The largest absolute Gasteiger partial charge is 0.433 e. The molecule has 0 aromatic carbocycles. The molecule has 0 bridgehead atoms. The number of alkyl halides is 3. The van der Waals surface area contributed by atoms with Gasteiger partial charge in [0.1, 0.15) is 12.0 Å². The number of halogens is 3. The monoisotopic (exact) mass is 161 g/mol. The molecule has 0 saturated carbocycles. The first-order valence-electron chi connectivity index (χ1n) is 2.71. The molecule has 1 aromatic heterocycles. The van der Waals surface area contributed by atoms with Crippen molar-refractivity contribution < 1.29 is 13.2 Å². The van der Waals surface area contributed by atoms with Crippen LogP contribution < -0.4 is 0 Å². The average Bonchev–Trinajstić information content (AvgIpc) is 1.86. The summed E-state index contributed by atoms with van der Waals surface area (Å²) in [5.41, 5.74) is -0.898. The molecule has 0 aliphatic heterocycles. The molecule has 11 heavy (non-hydrogen) atoms. The minimum Gasteiger partial charge on any atom is -0.241 e. The van der Waals surface area contributed by atoms with Crippen LogP contribution in [0.5, 0.6) is 0 Å². The molecule has 0 unspecified atom stereocenters. The van der Waals surface area contributed by atoms with Crippen molar-refractivity contribution in [3.8, 4) is 0 Å². The summed E-state index contributed by atoms with van der Waals surface area (Å²) in [6, 6.07) is 0.792. The minimum absolute atomic E-state index is 0.0623. The van der Waals surface area contributed by atoms with Crippen LogP contribution >= 0.6 is 0 Å². The zero-order chi connectivity index (χ0) is 8.48. The standard InChI is InChI=1S/C6H4F3N2/c1-4-2-5(6(7,8)9)11-3-10-4/h2-3H,1H2. The quantitative estimate of drug-likeness (QED) is 0.578. The summed E-state index contributed by atoms with van der Waals surface area (Å²) >= 11 is 0. The number of nitrogens with zero attached hydrogens (tertiary/aromatic N) is 2. The third-order valence-electron chi connectivity index (χ3n) is 1.01. The molecule has 1 heterocycles. The first kappa shape index (κ1) is 7.97. The Morgan fingerprint density at radius 1 is 1.27 bits per heavy atom. The fourth-order valence-corrected chi connectivity index (χ4v) is 0.553. The van der Waals surface area contributed by atoms with Crippen molar-refractivity contribution in [2.75, 3.05) is 0 Å². The molecular formula is C6H4F3N2. The summed E-state index contributed by atoms with van der Waals surface area (Å²) in [6.07, 6.45) is -3.57. The molecule has 2 nitrogen and oxygen atoms in total. The smallest absolute Gasteiger partial charge is 0.241 e. The van der Waals surface area contributed by atoms with Gasteiger partial charge in [0.2, 0.25) is 0 Å². The Kier molecular flexibility index (Phi) is 1.80. The maximum absolute atomic E-state index is 11.8. The van der Waals surface area contributed by atoms with Gasteiger partial charge in [-0.05, 0) is 13.0 Å². The van der Waals surface area contributed by atoms with E-state index in [0.717, 1.165) is 12.4 Å². The first-order chi connectivity index (χ1) is 5.00. The van der Waals surface area contributed by atoms with Crippen LogP contribution in [-0.4, -0.2) is 9.97 Å². The lowest BCUT2D eigenvalue weighted by Crippen LogP contribution is -2.08. The van der Waals surface area contributed by atoms with E-state index in [1.54, 1.807) is 0 Å². The van der Waals surface area contributed by atoms with E-state index in [1.165, 1.54) is 0 Å². The Balaban J connectivity index is 3.06. The Labute approximate surface area is 61.1 Å². The van der Waals surface area contributed by atoms with E-state index >= 15 is 0 Å². The molecule has 0 amide bonds. The Hall–Kier alpha value is -1.13. The second-order valence-electron chi connectivity index (χ2n) is 1.89. The highest BCUT2D eigenvalue weighted by atomic mass is 19.4. The van der Waals surface area contributed by atoms with E-state index in [1.807, 2.05) is 0 Å². The summed E-state index contributed by atoms with van der Waals surface area (Å²) in [6.45, 7) is 3.24. The van der Waals surface area contributed by atoms with Gasteiger partial charge in [0.25, 0.3) is 0 Å². The van der Waals surface area contributed by atoms with Crippen LogP contribution in [0.2, 0.25) is 0 Å². The average molecular weight is 161 g/mol. The second kappa shape index (κ2) is 2.48. The number of hydrogen-bond donors (Lipinski definition) is 0. The van der Waals surface area contributed by atoms with Crippen molar-refractivity contribution in [2.45, 2.75) is 6.18 Å². The summed E-state index contributed by atoms with van der Waals surface area (Å²) in [4.78, 5) is 6.47. The van der Waals surface area contributed by atoms with Crippen molar-refractivity contribution in [1.29, 1.82) is 0 Å². The van der Waals surface area contributed by atoms with Crippen molar-refractivity contribution >= 4 is 0 Å². The highest BCUT2D eigenvalue weighted by molar-refractivity contribution is 5.12. The topological polar surface area (TPSA) is 25.8 Å². The van der Waals surface area contributed by atoms with Crippen LogP contribution in [0.25, 0.3) is 0 Å². The predicted molar refractivity (Wildman–Crippen MR) is 31.5 cm³/mol. The zero-order valence-corrected chi connectivity index (χ0v) is 5.39. The van der Waals surface area contributed by atoms with Crippen molar-refractivity contribution in [1.82, 2.24) is 9.97 Å². The summed E-state index contributed by atoms with van der Waals surface area (Å²) < 4.78 is 35.5. The van der Waals surface area contributed by atoms with Gasteiger partial charge >= 0.3 is 6.18 Å². The van der Waals surface area contributed by atoms with Crippen LogP contribution in [0.3, 0.4) is 0 Å². The summed E-state index contributed by atoms with van der Waals surface area (Å²) in [5, 5.41) is 0. The molecule has 0 saturated heterocycles. The molecule has 0 aliphatic rings. The van der Waals surface area contributed by atoms with Crippen molar-refractivity contribution in [2.24, 2.45) is 0 Å². The van der Waals surface area contributed by atoms with Crippen molar-refractivity contribution in [3.63, 3.8) is 0 Å². The molecule has 0 fully saturated rings. The first-order valence-corrected chi connectivity index (χ1v) is 2.71. The van der Waals surface area contributed by atoms with Gasteiger partial charge in [-0.3, -0.25) is 0 Å². The number of hydrogen-bond acceptors (Lipinski definition) is 2. The Morgan fingerprint density at radius 2 is 1.91 bits per heavy atom. The zero-order valence-electron chi connectivity index (χ0n) is 5.39. The maximum Gasteiger partial charge on any atom is 0.433 e. The molecule has 1 rings (SSSR count). The molecule has 0 atom stereocenters. The highest BCUT2D eigenvalue weighted by Crippen LogP contribution is 2.26. The van der Waals surface area contributed by atoms with Gasteiger partial charge in [-0.1, -0.05) is 0 Å². The van der Waals surface area contributed by atoms with Crippen LogP contribution in [0, 0.1) is 6.92 Å². The molecular weight excluding hydrogens is 157 g/mol. The van der Waals surface area contributed by atoms with Crippen LogP contribution in [0.15, 0.2) is 12.4 Å². The summed E-state index contributed by atoms with van der Waals surface area (Å²) in [7, 11) is 0. The molecule has 1 aromatic rings. The lowest BCUT2D eigenvalue weighted by Gasteiger charge is -2.03. The van der Waals surface area contributed by atoms with Gasteiger partial charge < -0.3 is 0 Å². The van der Waals surface area contributed by atoms with Gasteiger partial charge in [0.05, 0.1) is 0 Å². The molecule has 59 valence electrons. The fraction of sp³-hybridized carbons (Fsp3) is 0.167. The SMILES string of the molecule is [CH2]c1cc(C(F)(F)F)ncn1. The third kappa shape index (κ3) is 1.89. The van der Waals surface area contributed by atoms with E-state index in [2.05, 4.69) is 16.9 Å². The lowest BCUT2D eigenvalue weighted by atomic mass is 10.3. The highest BCUT2D eigenvalue weighted by Gasteiger charge is 2.32. The molecule has 1 radical (unpaired) electrons. The van der Waals surface area contributed by atoms with Crippen LogP contribution in [-0.2, 0) is 6.18 Å². The van der Waals surface area contributed by atoms with E-state index in [0.29, 0.717) is 0 Å². The Morgan fingerprint density at radius 3 is 2.27 bits per heavy atom. The predicted octanol–water partition coefficient (Wildman–Crippen LogP) is 1.68. The van der Waals surface area contributed by atoms with E-state index < -0.39 is 11.9 Å². The maximum atomic E-state index is 11.8. The molecule has 0 spiro atoms. The summed E-state index contributed by atoms with van der Waals surface area (Å²) in [5.74, 6) is 0. The van der Waals surface area contributed by atoms with Crippen LogP contribution in [0.4, 0.5) is 13.2 Å². The minimum atomic E-state index is -4.41. The van der Waals surface area contributed by atoms with E-state index in [-0.39, 0.29) is 5.69 Å². The van der Waals surface area contributed by atoms with Crippen LogP contribution in [0.1, 0.15) is 11.4 Å². The fourth-order valence-electron chi connectivity index (χ4n) is 0.553. The van der Waals surface area contributed by atoms with Gasteiger partial charge in [-0.25, -0.2) is 9.97 Å². The number of rotatable bonds is 0. The van der Waals surface area contributed by atoms with Gasteiger partial charge in [-0.15, -0.1) is 0 Å². The molecule has 5 heteroatoms. The third-order valence-corrected chi connectivity index (χ3v) is 1.01. The van der Waals surface area contributed by atoms with Crippen molar-refractivity contribution in [3.05, 3.63) is 30.7 Å². The lowest BCUT2D eigenvalue weighted by molar-refractivity contribution is -0.141. The van der Waals surface area contributed by atoms with E-state index in [4.69, 9.17) is 0 Å². The normalized spacial score (nSPS) is 11.6. The van der Waals surface area contributed by atoms with Gasteiger partial charge in [0.15, 0.2) is 0 Å². The second-order valence-corrected chi connectivity index (χ2v) is 1.89. The van der Waals surface area contributed by atoms with Gasteiger partial charge in [-0.2, -0.15) is 13.2 Å². The van der Waals surface area contributed by atoms with Gasteiger partial charge in [0, 0.05) is 5.69 Å². The molecule has 0 aliphatic carbocycles. The number of aromatic nitrogens is 2. The van der Waals surface area contributed by atoms with E-state index in [9.17, 15) is 13.2 Å². The Bertz CT molecular complexity index is 256.